The highest BCUT2D eigenvalue weighted by Gasteiger charge is 2.48. The summed E-state index contributed by atoms with van der Waals surface area (Å²) in [4.78, 5) is 21.8. The van der Waals surface area contributed by atoms with Gasteiger partial charge in [0.05, 0.1) is 23.0 Å². The average Bonchev–Trinajstić information content (AvgIpc) is 3.45. The molecule has 0 aliphatic carbocycles. The maximum absolute atomic E-state index is 12.9. The van der Waals surface area contributed by atoms with Crippen molar-refractivity contribution in [3.63, 3.8) is 0 Å². The number of hydrogen-bond acceptors (Lipinski definition) is 10. The Hall–Kier alpha value is -1.41. The first kappa shape index (κ1) is 42.0. The predicted octanol–water partition coefficient (Wildman–Crippen LogP) is 5.20. The van der Waals surface area contributed by atoms with Crippen molar-refractivity contribution in [2.24, 2.45) is 5.92 Å². The van der Waals surface area contributed by atoms with Crippen molar-refractivity contribution in [3.8, 4) is 0 Å². The zero-order valence-corrected chi connectivity index (χ0v) is 32.5. The molecule has 2 aromatic rings. The second-order valence-electron chi connectivity index (χ2n) is 13.5. The molecule has 1 amide bonds. The third-order valence-corrected chi connectivity index (χ3v) is 11.1. The minimum atomic E-state index is -1.36. The van der Waals surface area contributed by atoms with Crippen molar-refractivity contribution in [2.75, 3.05) is 44.8 Å². The summed E-state index contributed by atoms with van der Waals surface area (Å²) in [6, 6.07) is 7.41. The normalized spacial score (nSPS) is 27.7. The summed E-state index contributed by atoms with van der Waals surface area (Å²) in [6.07, 6.45) is 4.11. The van der Waals surface area contributed by atoms with Crippen molar-refractivity contribution in [1.29, 1.82) is 0 Å². The minimum Gasteiger partial charge on any atom is -0.388 e. The molecule has 10 nitrogen and oxygen atoms in total. The molecule has 1 aromatic carbocycles. The van der Waals surface area contributed by atoms with Crippen LogP contribution in [0.4, 0.5) is 5.69 Å². The van der Waals surface area contributed by atoms with Gasteiger partial charge in [0, 0.05) is 34.9 Å². The van der Waals surface area contributed by atoms with E-state index in [2.05, 4.69) is 48.2 Å². The summed E-state index contributed by atoms with van der Waals surface area (Å²) < 4.78 is 5.79. The maximum Gasteiger partial charge on any atom is 0.237 e. The van der Waals surface area contributed by atoms with Gasteiger partial charge < -0.3 is 35.6 Å². The van der Waals surface area contributed by atoms with E-state index in [9.17, 15) is 20.1 Å². The van der Waals surface area contributed by atoms with Gasteiger partial charge in [-0.05, 0) is 103 Å². The van der Waals surface area contributed by atoms with Crippen LogP contribution in [0.15, 0.2) is 30.5 Å². The molecule has 2 aliphatic rings. The molecule has 5 N–H and O–H groups in total. The largest absolute Gasteiger partial charge is 0.388 e. The van der Waals surface area contributed by atoms with E-state index >= 15 is 0 Å². The average molecular weight is 745 g/mol. The SMILES string of the molecule is CCC[C@@H]1C[C@@H](C(=O)N[C@@H]([C@H]2O[C@H](SC)[C@H](O)[C@@H](O)[C@H]2O)[C@H](C)Cl)N(C)C1.CCN(CC)CCCC(C)Nc1ccnc2cc(Cl)ccc12. The highest BCUT2D eigenvalue weighted by molar-refractivity contribution is 7.99. The summed E-state index contributed by atoms with van der Waals surface area (Å²) in [5.74, 6) is 0.350. The fourth-order valence-electron chi connectivity index (χ4n) is 6.86. The quantitative estimate of drug-likeness (QED) is 0.155. The molecule has 0 saturated carbocycles. The number of fused-ring (bicyclic) bond motifs is 1. The summed E-state index contributed by atoms with van der Waals surface area (Å²) in [6.45, 7) is 14.9. The van der Waals surface area contributed by atoms with Crippen molar-refractivity contribution >= 4 is 57.5 Å². The fourth-order valence-corrected chi connectivity index (χ4v) is 7.91. The Labute approximate surface area is 307 Å². The second-order valence-corrected chi connectivity index (χ2v) is 15.5. The topological polar surface area (TPSA) is 130 Å². The van der Waals surface area contributed by atoms with E-state index in [-0.39, 0.29) is 11.9 Å². The number of alkyl halides is 1. The predicted molar refractivity (Wildman–Crippen MR) is 204 cm³/mol. The van der Waals surface area contributed by atoms with Crippen LogP contribution in [-0.4, -0.2) is 129 Å². The number of rotatable bonds is 15. The summed E-state index contributed by atoms with van der Waals surface area (Å²) in [5, 5.41) is 38.5. The van der Waals surface area contributed by atoms with Crippen LogP contribution in [0.1, 0.15) is 66.7 Å². The van der Waals surface area contributed by atoms with E-state index in [4.69, 9.17) is 27.9 Å². The molecule has 0 radical (unpaired) electrons. The van der Waals surface area contributed by atoms with Crippen LogP contribution in [0, 0.1) is 5.92 Å². The van der Waals surface area contributed by atoms with E-state index in [1.807, 2.05) is 42.4 Å². The summed E-state index contributed by atoms with van der Waals surface area (Å²) >= 11 is 13.6. The number of pyridine rings is 1. The van der Waals surface area contributed by atoms with Gasteiger partial charge in [0.2, 0.25) is 5.91 Å². The first-order chi connectivity index (χ1) is 23.3. The number of hydrogen-bond donors (Lipinski definition) is 5. The molecule has 2 saturated heterocycles. The number of aliphatic hydroxyl groups is 3. The van der Waals surface area contributed by atoms with Crippen molar-refractivity contribution < 1.29 is 24.9 Å². The molecule has 0 bridgehead atoms. The van der Waals surface area contributed by atoms with Crippen LogP contribution in [0.25, 0.3) is 10.9 Å². The van der Waals surface area contributed by atoms with E-state index in [0.29, 0.717) is 12.0 Å². The van der Waals surface area contributed by atoms with Crippen molar-refractivity contribution in [2.45, 2.75) is 120 Å². The standard InChI is InChI=1S/C18H26ClN3.C18H33ClN2O5S/c1-4-22(5-2)12-6-7-14(3)21-17-10-11-20-18-13-15(19)8-9-16(17)18;1-5-6-10-7-11(21(3)8-10)17(25)20-12(9(2)19)16-14(23)13(22)15(24)18(26-16)27-4/h8-11,13-14H,4-7,12H2,1-3H3,(H,20,21);9-16,18,22-24H,5-8H2,1-4H3,(H,20,25)/t;9-,10+,11-,12+,13-,14+,15+,16+,18+/m.0/s1. The van der Waals surface area contributed by atoms with Gasteiger partial charge in [-0.15, -0.1) is 23.4 Å². The van der Waals surface area contributed by atoms with Crippen LogP contribution in [0.2, 0.25) is 5.02 Å². The first-order valence-corrected chi connectivity index (χ1v) is 19.8. The van der Waals surface area contributed by atoms with Crippen LogP contribution >= 0.6 is 35.0 Å². The maximum atomic E-state index is 12.9. The van der Waals surface area contributed by atoms with Crippen molar-refractivity contribution in [1.82, 2.24) is 20.1 Å². The van der Waals surface area contributed by atoms with Crippen LogP contribution < -0.4 is 10.6 Å². The van der Waals surface area contributed by atoms with Gasteiger partial charge >= 0.3 is 0 Å². The highest BCUT2D eigenvalue weighted by atomic mass is 35.5. The molecule has 1 unspecified atom stereocenters. The minimum absolute atomic E-state index is 0.147. The number of amides is 1. The van der Waals surface area contributed by atoms with Crippen LogP contribution in [0.3, 0.4) is 0 Å². The zero-order chi connectivity index (χ0) is 36.2. The van der Waals surface area contributed by atoms with E-state index < -0.39 is 41.3 Å². The van der Waals surface area contributed by atoms with Gasteiger partial charge in [0.25, 0.3) is 0 Å². The van der Waals surface area contributed by atoms with Gasteiger partial charge in [0.15, 0.2) is 0 Å². The Morgan fingerprint density at radius 1 is 1.14 bits per heavy atom. The molecule has 49 heavy (non-hydrogen) atoms. The number of aliphatic hydroxyl groups excluding tert-OH is 3. The number of halogens is 2. The molecule has 2 aliphatic heterocycles. The number of anilines is 1. The molecular weight excluding hydrogens is 685 g/mol. The smallest absolute Gasteiger partial charge is 0.237 e. The third-order valence-electron chi connectivity index (χ3n) is 9.74. The van der Waals surface area contributed by atoms with Gasteiger partial charge in [-0.3, -0.25) is 14.7 Å². The monoisotopic (exact) mass is 743 g/mol. The van der Waals surface area contributed by atoms with Gasteiger partial charge in [0.1, 0.15) is 29.9 Å². The Kier molecular flexibility index (Phi) is 17.6. The second kappa shape index (κ2) is 20.6. The number of aromatic nitrogens is 1. The lowest BCUT2D eigenvalue weighted by molar-refractivity contribution is -0.205. The van der Waals surface area contributed by atoms with Crippen molar-refractivity contribution in [3.05, 3.63) is 35.5 Å². The zero-order valence-electron chi connectivity index (χ0n) is 30.2. The number of benzene rings is 1. The number of nitrogens with one attached hydrogen (secondary N) is 2. The Morgan fingerprint density at radius 3 is 2.49 bits per heavy atom. The highest BCUT2D eigenvalue weighted by Crippen LogP contribution is 2.31. The first-order valence-electron chi connectivity index (χ1n) is 17.7. The number of carbonyl (C=O) groups excluding carboxylic acids is 1. The Bertz CT molecular complexity index is 1290. The third kappa shape index (κ3) is 11.8. The molecule has 3 heterocycles. The summed E-state index contributed by atoms with van der Waals surface area (Å²) in [5.41, 5.74) is 1.37. The molecule has 13 heteroatoms. The molecule has 0 spiro atoms. The molecule has 2 fully saturated rings. The summed E-state index contributed by atoms with van der Waals surface area (Å²) in [7, 11) is 1.94. The molecule has 278 valence electrons. The van der Waals surface area contributed by atoms with E-state index in [1.54, 1.807) is 13.2 Å². The lowest BCUT2D eigenvalue weighted by Gasteiger charge is -2.44. The number of thioether (sulfide) groups is 1. The number of ether oxygens (including phenoxy) is 1. The molecule has 1 aromatic heterocycles. The number of nitrogens with zero attached hydrogens (tertiary/aromatic N) is 3. The van der Waals surface area contributed by atoms with Crippen LogP contribution in [-0.2, 0) is 9.53 Å². The molecule has 10 atom stereocenters. The number of likely N-dealkylation sites (N-methyl/N-ethyl adjacent to an activating group) is 1. The van der Waals surface area contributed by atoms with E-state index in [0.717, 1.165) is 66.9 Å². The van der Waals surface area contributed by atoms with E-state index in [1.165, 1.54) is 24.7 Å². The van der Waals surface area contributed by atoms with Gasteiger partial charge in [-0.25, -0.2) is 0 Å². The Balaban J connectivity index is 0.000000271. The van der Waals surface area contributed by atoms with Crippen LogP contribution in [0.5, 0.6) is 0 Å². The lowest BCUT2D eigenvalue weighted by Crippen LogP contribution is -2.65. The molecular formula is C36H59Cl2N5O5S. The molecule has 4 rings (SSSR count). The lowest BCUT2D eigenvalue weighted by atomic mass is 9.92. The number of likely N-dealkylation sites (tertiary alicyclic amines) is 1. The fraction of sp³-hybridized carbons (Fsp3) is 0.722. The number of carbonyl (C=O) groups is 1. The Morgan fingerprint density at radius 2 is 1.86 bits per heavy atom. The van der Waals surface area contributed by atoms with Gasteiger partial charge in [-0.2, -0.15) is 0 Å². The van der Waals surface area contributed by atoms with Gasteiger partial charge in [-0.1, -0.05) is 38.8 Å².